The average molecular weight is 371 g/mol. The van der Waals surface area contributed by atoms with Gasteiger partial charge in [0.05, 0.1) is 7.11 Å². The number of ether oxygens (including phenoxy) is 2. The van der Waals surface area contributed by atoms with E-state index in [9.17, 15) is 23.2 Å². The van der Waals surface area contributed by atoms with Gasteiger partial charge in [0.2, 0.25) is 0 Å². The fraction of sp³-hybridized carbons (Fsp3) is 0.312. The number of rotatable bonds is 6. The van der Waals surface area contributed by atoms with Crippen LogP contribution in [-0.2, 0) is 14.4 Å². The highest BCUT2D eigenvalue weighted by Crippen LogP contribution is 2.33. The zero-order valence-electron chi connectivity index (χ0n) is 14.3. The monoisotopic (exact) mass is 371 g/mol. The van der Waals surface area contributed by atoms with Crippen LogP contribution in [0.25, 0.3) is 6.08 Å². The van der Waals surface area contributed by atoms with Crippen LogP contribution in [0.3, 0.4) is 0 Å². The molecule has 0 bridgehead atoms. The van der Waals surface area contributed by atoms with Crippen LogP contribution in [0.4, 0.5) is 8.78 Å². The van der Waals surface area contributed by atoms with Gasteiger partial charge in [0.25, 0.3) is 5.91 Å². The van der Waals surface area contributed by atoms with Crippen LogP contribution < -0.4 is 25.6 Å². The first kappa shape index (κ1) is 20.9. The van der Waals surface area contributed by atoms with Crippen LogP contribution in [-0.4, -0.2) is 37.5 Å². The Kier molecular flexibility index (Phi) is 8.00. The maximum absolute atomic E-state index is 12.5. The summed E-state index contributed by atoms with van der Waals surface area (Å²) in [5, 5.41) is 2.34. The Bertz CT molecular complexity index is 692. The first-order valence-electron chi connectivity index (χ1n) is 7.45. The minimum atomic E-state index is -3.08. The molecule has 0 atom stereocenters. The molecule has 0 spiro atoms. The van der Waals surface area contributed by atoms with E-state index in [1.54, 1.807) is 13.8 Å². The standard InChI is InChI=1S/C16H19F2N3O5/c1-9(2)19-14(23)15(24)21-20-12(22)8-7-10-5-4-6-11(25-3)13(10)26-16(17)18/h4-9,16H,1-3H3,(H,19,23)(H,20,22)(H,21,24)/b8-7+. The van der Waals surface area contributed by atoms with Gasteiger partial charge in [-0.25, -0.2) is 0 Å². The number of benzene rings is 1. The summed E-state index contributed by atoms with van der Waals surface area (Å²) in [6.07, 6.45) is 2.16. The van der Waals surface area contributed by atoms with Crippen LogP contribution in [0.1, 0.15) is 19.4 Å². The Balaban J connectivity index is 2.74. The molecule has 26 heavy (non-hydrogen) atoms. The van der Waals surface area contributed by atoms with E-state index < -0.39 is 24.3 Å². The van der Waals surface area contributed by atoms with Crippen molar-refractivity contribution in [2.24, 2.45) is 0 Å². The van der Waals surface area contributed by atoms with Gasteiger partial charge in [0.15, 0.2) is 11.5 Å². The van der Waals surface area contributed by atoms with E-state index in [1.165, 1.54) is 31.4 Å². The van der Waals surface area contributed by atoms with Gasteiger partial charge in [0.1, 0.15) is 0 Å². The number of carbonyl (C=O) groups is 3. The number of alkyl halides is 2. The lowest BCUT2D eigenvalue weighted by Gasteiger charge is -2.12. The van der Waals surface area contributed by atoms with E-state index in [0.717, 1.165) is 6.08 Å². The fourth-order valence-corrected chi connectivity index (χ4v) is 1.75. The molecular formula is C16H19F2N3O5. The molecule has 3 amide bonds. The summed E-state index contributed by atoms with van der Waals surface area (Å²) in [5.74, 6) is -2.93. The second kappa shape index (κ2) is 9.97. The molecule has 0 heterocycles. The SMILES string of the molecule is COc1cccc(/C=C/C(=O)NNC(=O)C(=O)NC(C)C)c1OC(F)F. The smallest absolute Gasteiger partial charge is 0.387 e. The summed E-state index contributed by atoms with van der Waals surface area (Å²) in [4.78, 5) is 34.5. The molecular weight excluding hydrogens is 352 g/mol. The van der Waals surface area contributed by atoms with Crippen LogP contribution in [0, 0.1) is 0 Å². The Morgan fingerprint density at radius 3 is 2.38 bits per heavy atom. The van der Waals surface area contributed by atoms with Crippen molar-refractivity contribution in [3.05, 3.63) is 29.8 Å². The second-order valence-corrected chi connectivity index (χ2v) is 5.16. The van der Waals surface area contributed by atoms with E-state index in [-0.39, 0.29) is 23.1 Å². The molecule has 0 fully saturated rings. The lowest BCUT2D eigenvalue weighted by molar-refractivity contribution is -0.140. The molecule has 0 saturated heterocycles. The van der Waals surface area contributed by atoms with Crippen molar-refractivity contribution in [2.45, 2.75) is 26.5 Å². The van der Waals surface area contributed by atoms with Crippen molar-refractivity contribution < 1.29 is 32.6 Å². The third kappa shape index (κ3) is 6.75. The summed E-state index contributed by atoms with van der Waals surface area (Å²) >= 11 is 0. The molecule has 0 aliphatic heterocycles. The zero-order chi connectivity index (χ0) is 19.7. The summed E-state index contributed by atoms with van der Waals surface area (Å²) < 4.78 is 34.4. The number of carbonyl (C=O) groups excluding carboxylic acids is 3. The molecule has 0 aliphatic carbocycles. The quantitative estimate of drug-likeness (QED) is 0.393. The van der Waals surface area contributed by atoms with Crippen LogP contribution >= 0.6 is 0 Å². The van der Waals surface area contributed by atoms with Gasteiger partial charge >= 0.3 is 18.4 Å². The summed E-state index contributed by atoms with van der Waals surface area (Å²) in [5.41, 5.74) is 4.06. The van der Waals surface area contributed by atoms with E-state index in [1.807, 2.05) is 10.9 Å². The average Bonchev–Trinajstić information content (AvgIpc) is 2.57. The van der Waals surface area contributed by atoms with Crippen LogP contribution in [0.15, 0.2) is 24.3 Å². The zero-order valence-corrected chi connectivity index (χ0v) is 14.3. The first-order valence-corrected chi connectivity index (χ1v) is 7.45. The van der Waals surface area contributed by atoms with Gasteiger partial charge in [-0.15, -0.1) is 0 Å². The maximum atomic E-state index is 12.5. The molecule has 3 N–H and O–H groups in total. The van der Waals surface area contributed by atoms with Crippen molar-refractivity contribution in [3.63, 3.8) is 0 Å². The minimum Gasteiger partial charge on any atom is -0.493 e. The maximum Gasteiger partial charge on any atom is 0.387 e. The van der Waals surface area contributed by atoms with Gasteiger partial charge in [-0.3, -0.25) is 25.2 Å². The topological polar surface area (TPSA) is 106 Å². The van der Waals surface area contributed by atoms with Gasteiger partial charge < -0.3 is 14.8 Å². The number of para-hydroxylation sites is 1. The highest BCUT2D eigenvalue weighted by Gasteiger charge is 2.15. The third-order valence-electron chi connectivity index (χ3n) is 2.78. The number of amides is 3. The van der Waals surface area contributed by atoms with Crippen molar-refractivity contribution >= 4 is 23.8 Å². The van der Waals surface area contributed by atoms with Crippen molar-refractivity contribution in [1.82, 2.24) is 16.2 Å². The lowest BCUT2D eigenvalue weighted by Crippen LogP contribution is -2.49. The largest absolute Gasteiger partial charge is 0.493 e. The molecule has 1 aromatic rings. The van der Waals surface area contributed by atoms with E-state index in [2.05, 4.69) is 10.1 Å². The molecule has 0 unspecified atom stereocenters. The number of halogens is 2. The molecule has 142 valence electrons. The van der Waals surface area contributed by atoms with E-state index in [0.29, 0.717) is 0 Å². The third-order valence-corrected chi connectivity index (χ3v) is 2.78. The number of hydrazine groups is 1. The van der Waals surface area contributed by atoms with E-state index >= 15 is 0 Å². The van der Waals surface area contributed by atoms with E-state index in [4.69, 9.17) is 4.74 Å². The molecule has 0 saturated carbocycles. The number of hydrogen-bond acceptors (Lipinski definition) is 5. The van der Waals surface area contributed by atoms with Crippen LogP contribution in [0.5, 0.6) is 11.5 Å². The van der Waals surface area contributed by atoms with Crippen molar-refractivity contribution in [2.75, 3.05) is 7.11 Å². The predicted molar refractivity (Wildman–Crippen MR) is 88.2 cm³/mol. The Hall–Kier alpha value is -3.17. The molecule has 1 aromatic carbocycles. The van der Waals surface area contributed by atoms with Crippen LogP contribution in [0.2, 0.25) is 0 Å². The van der Waals surface area contributed by atoms with Gasteiger partial charge in [-0.05, 0) is 26.0 Å². The van der Waals surface area contributed by atoms with Crippen molar-refractivity contribution in [1.29, 1.82) is 0 Å². The second-order valence-electron chi connectivity index (χ2n) is 5.16. The number of nitrogens with one attached hydrogen (secondary N) is 3. The summed E-state index contributed by atoms with van der Waals surface area (Å²) in [6.45, 7) is 0.255. The molecule has 1 rings (SSSR count). The molecule has 10 heteroatoms. The van der Waals surface area contributed by atoms with Crippen molar-refractivity contribution in [3.8, 4) is 11.5 Å². The fourth-order valence-electron chi connectivity index (χ4n) is 1.75. The number of methoxy groups -OCH3 is 1. The predicted octanol–water partition coefficient (Wildman–Crippen LogP) is 0.982. The Morgan fingerprint density at radius 2 is 1.81 bits per heavy atom. The normalized spacial score (nSPS) is 10.7. The highest BCUT2D eigenvalue weighted by molar-refractivity contribution is 6.35. The summed E-state index contributed by atoms with van der Waals surface area (Å²) in [7, 11) is 1.28. The van der Waals surface area contributed by atoms with Gasteiger partial charge in [-0.2, -0.15) is 8.78 Å². The molecule has 0 aromatic heterocycles. The Labute approximate surface area is 148 Å². The minimum absolute atomic E-state index is 0.0616. The number of hydrogen-bond donors (Lipinski definition) is 3. The first-order chi connectivity index (χ1) is 12.2. The Morgan fingerprint density at radius 1 is 1.12 bits per heavy atom. The molecule has 0 radical (unpaired) electrons. The highest BCUT2D eigenvalue weighted by atomic mass is 19.3. The van der Waals surface area contributed by atoms with Gasteiger partial charge in [0, 0.05) is 17.7 Å². The molecule has 8 nitrogen and oxygen atoms in total. The summed E-state index contributed by atoms with van der Waals surface area (Å²) in [6, 6.07) is 4.12. The molecule has 0 aliphatic rings. The lowest BCUT2D eigenvalue weighted by atomic mass is 10.1. The van der Waals surface area contributed by atoms with Gasteiger partial charge in [-0.1, -0.05) is 12.1 Å².